The SMILES string of the molecule is CCCCC(CC)COCC(O)COC(C)C. The van der Waals surface area contributed by atoms with Gasteiger partial charge in [-0.2, -0.15) is 0 Å². The number of hydrogen-bond donors (Lipinski definition) is 1. The van der Waals surface area contributed by atoms with Gasteiger partial charge in [0.1, 0.15) is 6.10 Å². The lowest BCUT2D eigenvalue weighted by Gasteiger charge is -2.17. The van der Waals surface area contributed by atoms with Gasteiger partial charge in [-0.1, -0.05) is 33.1 Å². The van der Waals surface area contributed by atoms with Crippen LogP contribution >= 0.6 is 0 Å². The fourth-order valence-electron chi connectivity index (χ4n) is 1.62. The van der Waals surface area contributed by atoms with Gasteiger partial charge < -0.3 is 14.6 Å². The summed E-state index contributed by atoms with van der Waals surface area (Å²) in [5, 5.41) is 9.61. The Morgan fingerprint density at radius 3 is 2.29 bits per heavy atom. The van der Waals surface area contributed by atoms with Gasteiger partial charge in [0.25, 0.3) is 0 Å². The van der Waals surface area contributed by atoms with Crippen LogP contribution in [0.2, 0.25) is 0 Å². The van der Waals surface area contributed by atoms with Crippen molar-refractivity contribution in [3.8, 4) is 0 Å². The van der Waals surface area contributed by atoms with Crippen molar-refractivity contribution in [2.75, 3.05) is 19.8 Å². The average Bonchev–Trinajstić information content (AvgIpc) is 2.30. The summed E-state index contributed by atoms with van der Waals surface area (Å²) in [5.41, 5.74) is 0. The van der Waals surface area contributed by atoms with Crippen LogP contribution in [0.3, 0.4) is 0 Å². The second kappa shape index (κ2) is 11.0. The fraction of sp³-hybridized carbons (Fsp3) is 1.00. The molecule has 0 fully saturated rings. The Balaban J connectivity index is 3.51. The van der Waals surface area contributed by atoms with Crippen molar-refractivity contribution < 1.29 is 14.6 Å². The Morgan fingerprint density at radius 1 is 1.06 bits per heavy atom. The average molecular weight is 246 g/mol. The molecular formula is C14H30O3. The van der Waals surface area contributed by atoms with Gasteiger partial charge in [0.2, 0.25) is 0 Å². The molecule has 2 unspecified atom stereocenters. The summed E-state index contributed by atoms with van der Waals surface area (Å²) in [5.74, 6) is 0.633. The van der Waals surface area contributed by atoms with Gasteiger partial charge in [0.15, 0.2) is 0 Å². The predicted octanol–water partition coefficient (Wildman–Crippen LogP) is 3.01. The first-order valence-electron chi connectivity index (χ1n) is 6.97. The van der Waals surface area contributed by atoms with Crippen LogP contribution in [0.4, 0.5) is 0 Å². The minimum absolute atomic E-state index is 0.164. The molecule has 0 aliphatic rings. The number of ether oxygens (including phenoxy) is 2. The number of aliphatic hydroxyl groups excluding tert-OH is 1. The van der Waals surface area contributed by atoms with Crippen molar-refractivity contribution in [1.29, 1.82) is 0 Å². The summed E-state index contributed by atoms with van der Waals surface area (Å²) in [6.07, 6.45) is 4.55. The zero-order valence-electron chi connectivity index (χ0n) is 11.9. The molecule has 0 spiro atoms. The number of aliphatic hydroxyl groups is 1. The van der Waals surface area contributed by atoms with Gasteiger partial charge in [-0.25, -0.2) is 0 Å². The third kappa shape index (κ3) is 10.7. The van der Waals surface area contributed by atoms with E-state index >= 15 is 0 Å². The number of rotatable bonds is 11. The second-order valence-electron chi connectivity index (χ2n) is 4.99. The molecule has 0 aromatic carbocycles. The molecule has 0 saturated heterocycles. The Bertz CT molecular complexity index is 160. The molecule has 0 rings (SSSR count). The molecule has 3 nitrogen and oxygen atoms in total. The van der Waals surface area contributed by atoms with Crippen LogP contribution in [-0.2, 0) is 9.47 Å². The molecule has 0 radical (unpaired) electrons. The Hall–Kier alpha value is -0.120. The first kappa shape index (κ1) is 16.9. The third-order valence-corrected chi connectivity index (χ3v) is 2.83. The standard InChI is InChI=1S/C14H30O3/c1-5-7-8-13(6-2)9-16-10-14(15)11-17-12(3)4/h12-15H,5-11H2,1-4H3. The molecule has 1 N–H and O–H groups in total. The maximum absolute atomic E-state index is 9.61. The summed E-state index contributed by atoms with van der Waals surface area (Å²) in [6.45, 7) is 9.84. The fourth-order valence-corrected chi connectivity index (χ4v) is 1.62. The van der Waals surface area contributed by atoms with E-state index in [0.717, 1.165) is 13.0 Å². The Kier molecular flexibility index (Phi) is 10.9. The highest BCUT2D eigenvalue weighted by Crippen LogP contribution is 2.12. The Labute approximate surface area is 107 Å². The van der Waals surface area contributed by atoms with Gasteiger partial charge in [0, 0.05) is 6.61 Å². The smallest absolute Gasteiger partial charge is 0.101 e. The lowest BCUT2D eigenvalue weighted by Crippen LogP contribution is -2.25. The van der Waals surface area contributed by atoms with E-state index in [1.165, 1.54) is 19.3 Å². The molecule has 0 saturated carbocycles. The van der Waals surface area contributed by atoms with Crippen molar-refractivity contribution in [2.24, 2.45) is 5.92 Å². The van der Waals surface area contributed by atoms with E-state index in [0.29, 0.717) is 19.1 Å². The predicted molar refractivity (Wildman–Crippen MR) is 71.2 cm³/mol. The van der Waals surface area contributed by atoms with Crippen LogP contribution in [0.25, 0.3) is 0 Å². The first-order valence-corrected chi connectivity index (χ1v) is 6.97. The van der Waals surface area contributed by atoms with Gasteiger partial charge >= 0.3 is 0 Å². The lowest BCUT2D eigenvalue weighted by molar-refractivity contribution is -0.0416. The summed E-state index contributed by atoms with van der Waals surface area (Å²) >= 11 is 0. The van der Waals surface area contributed by atoms with Crippen LogP contribution in [0.5, 0.6) is 0 Å². The monoisotopic (exact) mass is 246 g/mol. The third-order valence-electron chi connectivity index (χ3n) is 2.83. The lowest BCUT2D eigenvalue weighted by atomic mass is 10.0. The van der Waals surface area contributed by atoms with Crippen molar-refractivity contribution in [3.05, 3.63) is 0 Å². The van der Waals surface area contributed by atoms with Crippen molar-refractivity contribution in [2.45, 2.75) is 65.6 Å². The first-order chi connectivity index (χ1) is 8.10. The van der Waals surface area contributed by atoms with Gasteiger partial charge in [-0.05, 0) is 26.2 Å². The maximum Gasteiger partial charge on any atom is 0.101 e. The summed E-state index contributed by atoms with van der Waals surface area (Å²) < 4.78 is 10.9. The molecule has 0 amide bonds. The minimum Gasteiger partial charge on any atom is -0.388 e. The molecule has 0 heterocycles. The minimum atomic E-state index is -0.499. The highest BCUT2D eigenvalue weighted by atomic mass is 16.5. The topological polar surface area (TPSA) is 38.7 Å². The summed E-state index contributed by atoms with van der Waals surface area (Å²) in [6, 6.07) is 0. The van der Waals surface area contributed by atoms with E-state index in [1.807, 2.05) is 13.8 Å². The molecule has 0 aromatic heterocycles. The second-order valence-corrected chi connectivity index (χ2v) is 4.99. The molecule has 3 heteroatoms. The van der Waals surface area contributed by atoms with Crippen molar-refractivity contribution >= 4 is 0 Å². The molecule has 0 aromatic rings. The van der Waals surface area contributed by atoms with Crippen LogP contribution in [0.1, 0.15) is 53.4 Å². The van der Waals surface area contributed by atoms with E-state index in [9.17, 15) is 5.11 Å². The molecular weight excluding hydrogens is 216 g/mol. The Morgan fingerprint density at radius 2 is 1.76 bits per heavy atom. The van der Waals surface area contributed by atoms with Crippen LogP contribution < -0.4 is 0 Å². The highest BCUT2D eigenvalue weighted by Gasteiger charge is 2.09. The van der Waals surface area contributed by atoms with Gasteiger partial charge in [-0.3, -0.25) is 0 Å². The largest absolute Gasteiger partial charge is 0.388 e. The van der Waals surface area contributed by atoms with Crippen LogP contribution in [0.15, 0.2) is 0 Å². The van der Waals surface area contributed by atoms with Gasteiger partial charge in [0.05, 0.1) is 19.3 Å². The zero-order chi connectivity index (χ0) is 13.1. The maximum atomic E-state index is 9.61. The quantitative estimate of drug-likeness (QED) is 0.609. The molecule has 0 bridgehead atoms. The van der Waals surface area contributed by atoms with E-state index in [2.05, 4.69) is 13.8 Å². The van der Waals surface area contributed by atoms with Crippen molar-refractivity contribution in [3.63, 3.8) is 0 Å². The number of hydrogen-bond acceptors (Lipinski definition) is 3. The van der Waals surface area contributed by atoms with E-state index in [-0.39, 0.29) is 6.10 Å². The van der Waals surface area contributed by atoms with Gasteiger partial charge in [-0.15, -0.1) is 0 Å². The molecule has 104 valence electrons. The van der Waals surface area contributed by atoms with Crippen LogP contribution in [-0.4, -0.2) is 37.1 Å². The van der Waals surface area contributed by atoms with Crippen LogP contribution in [0, 0.1) is 5.92 Å². The number of unbranched alkanes of at least 4 members (excludes halogenated alkanes) is 1. The normalized spacial score (nSPS) is 15.2. The summed E-state index contributed by atoms with van der Waals surface area (Å²) in [7, 11) is 0. The van der Waals surface area contributed by atoms with E-state index < -0.39 is 6.10 Å². The molecule has 17 heavy (non-hydrogen) atoms. The summed E-state index contributed by atoms with van der Waals surface area (Å²) in [4.78, 5) is 0. The van der Waals surface area contributed by atoms with Crippen molar-refractivity contribution in [1.82, 2.24) is 0 Å². The highest BCUT2D eigenvalue weighted by molar-refractivity contribution is 4.58. The van der Waals surface area contributed by atoms with E-state index in [1.54, 1.807) is 0 Å². The molecule has 0 aliphatic carbocycles. The molecule has 0 aliphatic heterocycles. The molecule has 2 atom stereocenters. The zero-order valence-corrected chi connectivity index (χ0v) is 11.9. The van der Waals surface area contributed by atoms with E-state index in [4.69, 9.17) is 9.47 Å².